The molecular formula is C12H10N4O2S. The quantitative estimate of drug-likeness (QED) is 0.628. The molecule has 6 nitrogen and oxygen atoms in total. The van der Waals surface area contributed by atoms with E-state index in [1.165, 1.54) is 0 Å². The third-order valence-electron chi connectivity index (χ3n) is 2.67. The Balaban J connectivity index is 1.91. The lowest BCUT2D eigenvalue weighted by atomic mass is 10.2. The van der Waals surface area contributed by atoms with E-state index in [0.29, 0.717) is 17.6 Å². The van der Waals surface area contributed by atoms with Gasteiger partial charge in [0.25, 0.3) is 0 Å². The van der Waals surface area contributed by atoms with Crippen LogP contribution < -0.4 is 16.4 Å². The Morgan fingerprint density at radius 3 is 2.68 bits per heavy atom. The van der Waals surface area contributed by atoms with Gasteiger partial charge in [-0.25, -0.2) is 0 Å². The first kappa shape index (κ1) is 11.7. The number of H-pyrrole nitrogens is 2. The van der Waals surface area contributed by atoms with Gasteiger partial charge >= 0.3 is 11.1 Å². The monoisotopic (exact) mass is 274 g/mol. The van der Waals surface area contributed by atoms with Gasteiger partial charge in [-0.2, -0.15) is 0 Å². The lowest BCUT2D eigenvalue weighted by Crippen LogP contribution is -2.28. The molecule has 0 atom stereocenters. The molecule has 0 aliphatic heterocycles. The van der Waals surface area contributed by atoms with E-state index in [9.17, 15) is 9.59 Å². The summed E-state index contributed by atoms with van der Waals surface area (Å²) in [5, 5.41) is 3.23. The molecule has 19 heavy (non-hydrogen) atoms. The van der Waals surface area contributed by atoms with Crippen LogP contribution in [-0.2, 0) is 6.54 Å². The summed E-state index contributed by atoms with van der Waals surface area (Å²) in [4.78, 5) is 32.6. The molecule has 0 spiro atoms. The molecule has 0 saturated carbocycles. The molecule has 0 radical (unpaired) electrons. The predicted octanol–water partition coefficient (Wildman–Crippen LogP) is 1.28. The van der Waals surface area contributed by atoms with E-state index in [-0.39, 0.29) is 0 Å². The number of thiazole rings is 1. The molecule has 0 amide bonds. The van der Waals surface area contributed by atoms with Gasteiger partial charge in [-0.15, -0.1) is 11.3 Å². The van der Waals surface area contributed by atoms with Gasteiger partial charge in [0.05, 0.1) is 23.1 Å². The second-order valence-corrected chi connectivity index (χ2v) is 4.96. The van der Waals surface area contributed by atoms with E-state index >= 15 is 0 Å². The van der Waals surface area contributed by atoms with Crippen molar-refractivity contribution >= 4 is 28.1 Å². The number of rotatable bonds is 3. The van der Waals surface area contributed by atoms with Gasteiger partial charge in [0, 0.05) is 16.8 Å². The second-order valence-electron chi connectivity index (χ2n) is 3.99. The number of anilines is 1. The first-order valence-electron chi connectivity index (χ1n) is 5.60. The number of aromatic nitrogens is 3. The summed E-state index contributed by atoms with van der Waals surface area (Å²) in [5.74, 6) is 0. The minimum Gasteiger partial charge on any atom is -0.380 e. The topological polar surface area (TPSA) is 90.6 Å². The number of hydrogen-bond donors (Lipinski definition) is 3. The first-order valence-corrected chi connectivity index (χ1v) is 6.48. The molecule has 1 aromatic carbocycles. The van der Waals surface area contributed by atoms with Crippen LogP contribution in [0.4, 0.5) is 5.69 Å². The van der Waals surface area contributed by atoms with Crippen molar-refractivity contribution < 1.29 is 0 Å². The van der Waals surface area contributed by atoms with Crippen molar-refractivity contribution in [3.63, 3.8) is 0 Å². The Bertz CT molecular complexity index is 820. The molecule has 3 aromatic rings. The van der Waals surface area contributed by atoms with Crippen LogP contribution in [0.25, 0.3) is 11.0 Å². The Hall–Kier alpha value is -2.41. The van der Waals surface area contributed by atoms with Crippen LogP contribution in [0.5, 0.6) is 0 Å². The molecule has 0 aliphatic rings. The van der Waals surface area contributed by atoms with Crippen LogP contribution in [-0.4, -0.2) is 15.0 Å². The summed E-state index contributed by atoms with van der Waals surface area (Å²) in [7, 11) is 0. The number of fused-ring (bicyclic) bond motifs is 1. The molecule has 0 saturated heterocycles. The van der Waals surface area contributed by atoms with Crippen molar-refractivity contribution in [3.8, 4) is 0 Å². The lowest BCUT2D eigenvalue weighted by Gasteiger charge is -2.05. The summed E-state index contributed by atoms with van der Waals surface area (Å²) < 4.78 is 0. The van der Waals surface area contributed by atoms with E-state index in [2.05, 4.69) is 20.3 Å². The fourth-order valence-corrected chi connectivity index (χ4v) is 2.28. The van der Waals surface area contributed by atoms with Crippen LogP contribution in [0.15, 0.2) is 39.5 Å². The van der Waals surface area contributed by atoms with Crippen LogP contribution in [0, 0.1) is 0 Å². The molecule has 0 bridgehead atoms. The molecule has 7 heteroatoms. The number of nitrogens with one attached hydrogen (secondary N) is 3. The second kappa shape index (κ2) is 4.69. The summed E-state index contributed by atoms with van der Waals surface area (Å²) in [6, 6.07) is 5.38. The number of hydrogen-bond acceptors (Lipinski definition) is 5. The minimum absolute atomic E-state index is 0.596. The number of nitrogens with zero attached hydrogens (tertiary/aromatic N) is 1. The van der Waals surface area contributed by atoms with Gasteiger partial charge in [-0.05, 0) is 18.2 Å². The molecule has 0 unspecified atom stereocenters. The molecule has 3 rings (SSSR count). The smallest absolute Gasteiger partial charge is 0.314 e. The zero-order chi connectivity index (χ0) is 13.2. The van der Waals surface area contributed by atoms with Crippen molar-refractivity contribution in [1.82, 2.24) is 15.0 Å². The lowest BCUT2D eigenvalue weighted by molar-refractivity contribution is 1.14. The van der Waals surface area contributed by atoms with Crippen molar-refractivity contribution in [2.45, 2.75) is 6.54 Å². The average molecular weight is 274 g/mol. The van der Waals surface area contributed by atoms with Crippen LogP contribution in [0.1, 0.15) is 4.88 Å². The summed E-state index contributed by atoms with van der Waals surface area (Å²) in [6.07, 6.45) is 1.80. The normalized spacial score (nSPS) is 10.7. The third kappa shape index (κ3) is 2.41. The zero-order valence-corrected chi connectivity index (χ0v) is 10.6. The van der Waals surface area contributed by atoms with Gasteiger partial charge in [0.1, 0.15) is 0 Å². The molecular weight excluding hydrogens is 264 g/mol. The van der Waals surface area contributed by atoms with Crippen molar-refractivity contribution in [2.24, 2.45) is 0 Å². The Kier molecular flexibility index (Phi) is 2.88. The maximum absolute atomic E-state index is 11.3. The highest BCUT2D eigenvalue weighted by Gasteiger charge is 2.01. The predicted molar refractivity (Wildman–Crippen MR) is 74.6 cm³/mol. The molecule has 0 aliphatic carbocycles. The first-order chi connectivity index (χ1) is 9.22. The standard InChI is InChI=1S/C12H10N4O2S/c17-11-12(18)16-10-3-7(1-2-9(10)15-11)14-5-8-4-13-6-19-8/h1-4,6,14H,5H2,(H,15,17)(H,16,18). The van der Waals surface area contributed by atoms with E-state index < -0.39 is 11.1 Å². The van der Waals surface area contributed by atoms with E-state index in [1.807, 2.05) is 6.07 Å². The van der Waals surface area contributed by atoms with Crippen molar-refractivity contribution in [1.29, 1.82) is 0 Å². The highest BCUT2D eigenvalue weighted by Crippen LogP contribution is 2.15. The summed E-state index contributed by atoms with van der Waals surface area (Å²) >= 11 is 1.57. The minimum atomic E-state index is -0.646. The van der Waals surface area contributed by atoms with Crippen LogP contribution >= 0.6 is 11.3 Å². The number of aromatic amines is 2. The third-order valence-corrected chi connectivity index (χ3v) is 3.45. The fourth-order valence-electron chi connectivity index (χ4n) is 1.74. The van der Waals surface area contributed by atoms with Gasteiger partial charge < -0.3 is 15.3 Å². The fraction of sp³-hybridized carbons (Fsp3) is 0.0833. The van der Waals surface area contributed by atoms with Crippen LogP contribution in [0.3, 0.4) is 0 Å². The van der Waals surface area contributed by atoms with Crippen molar-refractivity contribution in [3.05, 3.63) is 55.5 Å². The molecule has 2 aromatic heterocycles. The SMILES string of the molecule is O=c1[nH]c2ccc(NCc3cncs3)cc2[nH]c1=O. The largest absolute Gasteiger partial charge is 0.380 e. The van der Waals surface area contributed by atoms with Gasteiger partial charge in [-0.1, -0.05) is 0 Å². The molecule has 0 fully saturated rings. The average Bonchev–Trinajstić information content (AvgIpc) is 2.91. The van der Waals surface area contributed by atoms with Gasteiger partial charge in [0.2, 0.25) is 0 Å². The summed E-state index contributed by atoms with van der Waals surface area (Å²) in [5.41, 5.74) is 2.56. The van der Waals surface area contributed by atoms with Gasteiger partial charge in [-0.3, -0.25) is 14.6 Å². The number of benzene rings is 1. The van der Waals surface area contributed by atoms with E-state index in [4.69, 9.17) is 0 Å². The maximum Gasteiger partial charge on any atom is 0.314 e. The highest BCUT2D eigenvalue weighted by atomic mass is 32.1. The Morgan fingerprint density at radius 2 is 1.95 bits per heavy atom. The van der Waals surface area contributed by atoms with Gasteiger partial charge in [0.15, 0.2) is 0 Å². The Morgan fingerprint density at radius 1 is 1.16 bits per heavy atom. The summed E-state index contributed by atoms with van der Waals surface area (Å²) in [6.45, 7) is 0.670. The zero-order valence-electron chi connectivity index (χ0n) is 9.77. The van der Waals surface area contributed by atoms with Crippen molar-refractivity contribution in [2.75, 3.05) is 5.32 Å². The Labute approximate surface area is 111 Å². The molecule has 96 valence electrons. The maximum atomic E-state index is 11.3. The highest BCUT2D eigenvalue weighted by molar-refractivity contribution is 7.09. The van der Waals surface area contributed by atoms with Crippen LogP contribution in [0.2, 0.25) is 0 Å². The van der Waals surface area contributed by atoms with E-state index in [1.54, 1.807) is 35.2 Å². The van der Waals surface area contributed by atoms with E-state index in [0.717, 1.165) is 10.6 Å². The molecule has 3 N–H and O–H groups in total. The molecule has 2 heterocycles.